The zero-order valence-corrected chi connectivity index (χ0v) is 11.5. The smallest absolute Gasteiger partial charge is 0.337 e. The highest BCUT2D eigenvalue weighted by atomic mass is 79.9. The summed E-state index contributed by atoms with van der Waals surface area (Å²) in [5.41, 5.74) is 0.730. The number of benzene rings is 1. The Kier molecular flexibility index (Phi) is 3.71. The molecule has 0 atom stereocenters. The van der Waals surface area contributed by atoms with E-state index in [1.165, 1.54) is 30.3 Å². The van der Waals surface area contributed by atoms with E-state index in [1.807, 2.05) is 0 Å². The van der Waals surface area contributed by atoms with E-state index < -0.39 is 5.97 Å². The minimum atomic E-state index is -1.08. The van der Waals surface area contributed by atoms with Gasteiger partial charge in [0.25, 0.3) is 5.91 Å². The minimum absolute atomic E-state index is 0.0676. The normalized spacial score (nSPS) is 10.2. The van der Waals surface area contributed by atoms with Crippen LogP contribution in [-0.4, -0.2) is 24.0 Å². The Hall–Kier alpha value is -2.08. The van der Waals surface area contributed by atoms with E-state index in [0.29, 0.717) is 15.9 Å². The Morgan fingerprint density at radius 1 is 1.21 bits per heavy atom. The molecule has 1 N–H and O–H groups in total. The molecule has 0 saturated heterocycles. The van der Waals surface area contributed by atoms with Gasteiger partial charge in [-0.25, -0.2) is 4.79 Å². The van der Waals surface area contributed by atoms with E-state index in [9.17, 15) is 9.59 Å². The minimum Gasteiger partial charge on any atom is -0.478 e. The van der Waals surface area contributed by atoms with E-state index >= 15 is 0 Å². The second-order valence-electron chi connectivity index (χ2n) is 3.79. The van der Waals surface area contributed by atoms with Crippen LogP contribution < -0.4 is 4.90 Å². The molecule has 2 aromatic rings. The molecule has 0 aliphatic carbocycles. The Bertz CT molecular complexity index is 635. The van der Waals surface area contributed by atoms with E-state index in [4.69, 9.17) is 9.52 Å². The topological polar surface area (TPSA) is 70.8 Å². The summed E-state index contributed by atoms with van der Waals surface area (Å²) in [6.07, 6.45) is 1.38. The van der Waals surface area contributed by atoms with Gasteiger partial charge in [-0.2, -0.15) is 0 Å². The highest BCUT2D eigenvalue weighted by Gasteiger charge is 2.21. The number of nitrogens with zero attached hydrogens (tertiary/aromatic N) is 1. The number of halogens is 1. The molecule has 0 spiro atoms. The van der Waals surface area contributed by atoms with Gasteiger partial charge in [0.2, 0.25) is 0 Å². The number of amides is 1. The lowest BCUT2D eigenvalue weighted by molar-refractivity contribution is 0.0697. The average molecular weight is 324 g/mol. The van der Waals surface area contributed by atoms with Crippen LogP contribution in [0, 0.1) is 0 Å². The first-order valence-electron chi connectivity index (χ1n) is 5.35. The zero-order valence-electron chi connectivity index (χ0n) is 9.96. The van der Waals surface area contributed by atoms with Crippen LogP contribution in [0.3, 0.4) is 0 Å². The Labute approximate surface area is 117 Å². The van der Waals surface area contributed by atoms with Crippen LogP contribution in [0.4, 0.5) is 5.69 Å². The fourth-order valence-electron chi connectivity index (χ4n) is 1.68. The number of carboxylic acid groups (broad SMARTS) is 1. The van der Waals surface area contributed by atoms with Gasteiger partial charge in [-0.15, -0.1) is 0 Å². The number of para-hydroxylation sites is 1. The molecule has 1 aromatic carbocycles. The Balaban J connectivity index is 2.40. The van der Waals surface area contributed by atoms with Gasteiger partial charge in [0.1, 0.15) is 0 Å². The van der Waals surface area contributed by atoms with Crippen molar-refractivity contribution in [1.82, 2.24) is 0 Å². The molecular weight excluding hydrogens is 314 g/mol. The molecule has 0 aliphatic heterocycles. The molecule has 0 bridgehead atoms. The van der Waals surface area contributed by atoms with Crippen LogP contribution in [0.2, 0.25) is 0 Å². The first-order chi connectivity index (χ1) is 9.02. The molecular formula is C13H10BrNO4. The number of anilines is 1. The molecule has 19 heavy (non-hydrogen) atoms. The summed E-state index contributed by atoms with van der Waals surface area (Å²) in [7, 11) is 1.52. The van der Waals surface area contributed by atoms with Crippen LogP contribution >= 0.6 is 15.9 Å². The van der Waals surface area contributed by atoms with Gasteiger partial charge >= 0.3 is 5.97 Å². The third-order valence-corrected chi connectivity index (χ3v) is 3.26. The molecule has 5 nitrogen and oxygen atoms in total. The summed E-state index contributed by atoms with van der Waals surface area (Å²) in [5.74, 6) is -1.43. The van der Waals surface area contributed by atoms with E-state index in [0.717, 1.165) is 0 Å². The van der Waals surface area contributed by atoms with Crippen molar-refractivity contribution in [2.75, 3.05) is 11.9 Å². The fraction of sp³-hybridized carbons (Fsp3) is 0.0769. The summed E-state index contributed by atoms with van der Waals surface area (Å²) >= 11 is 3.12. The van der Waals surface area contributed by atoms with Gasteiger partial charge in [0.15, 0.2) is 4.67 Å². The second kappa shape index (κ2) is 5.27. The molecule has 6 heteroatoms. The predicted octanol–water partition coefficient (Wildman–Crippen LogP) is 3.02. The molecule has 0 saturated carbocycles. The maximum Gasteiger partial charge on any atom is 0.337 e. The molecule has 2 rings (SSSR count). The number of hydrogen-bond acceptors (Lipinski definition) is 3. The number of rotatable bonds is 3. The third kappa shape index (κ3) is 2.53. The molecule has 0 radical (unpaired) electrons. The monoisotopic (exact) mass is 323 g/mol. The quantitative estimate of drug-likeness (QED) is 0.942. The van der Waals surface area contributed by atoms with Gasteiger partial charge in [-0.05, 0) is 34.1 Å². The maximum atomic E-state index is 12.2. The number of hydrogen-bond donors (Lipinski definition) is 1. The number of carboxylic acids is 1. The SMILES string of the molecule is CN(C(=O)c1ccoc1Br)c1ccccc1C(=O)O. The van der Waals surface area contributed by atoms with Crippen molar-refractivity contribution in [2.24, 2.45) is 0 Å². The summed E-state index contributed by atoms with van der Waals surface area (Å²) in [6, 6.07) is 7.84. The third-order valence-electron chi connectivity index (χ3n) is 2.65. The van der Waals surface area contributed by atoms with Crippen LogP contribution in [-0.2, 0) is 0 Å². The van der Waals surface area contributed by atoms with Crippen molar-refractivity contribution in [1.29, 1.82) is 0 Å². The van der Waals surface area contributed by atoms with Crippen molar-refractivity contribution >= 4 is 33.5 Å². The van der Waals surface area contributed by atoms with Crippen molar-refractivity contribution in [3.63, 3.8) is 0 Å². The maximum absolute atomic E-state index is 12.2. The van der Waals surface area contributed by atoms with Crippen molar-refractivity contribution in [3.05, 3.63) is 52.4 Å². The van der Waals surface area contributed by atoms with E-state index in [1.54, 1.807) is 18.2 Å². The van der Waals surface area contributed by atoms with E-state index in [-0.39, 0.29) is 11.5 Å². The number of aromatic carboxylic acids is 1. The summed E-state index contributed by atoms with van der Waals surface area (Å²) in [6.45, 7) is 0. The predicted molar refractivity (Wildman–Crippen MR) is 72.5 cm³/mol. The fourth-order valence-corrected chi connectivity index (χ4v) is 2.09. The molecule has 0 unspecified atom stereocenters. The van der Waals surface area contributed by atoms with Crippen molar-refractivity contribution in [3.8, 4) is 0 Å². The van der Waals surface area contributed by atoms with Crippen LogP contribution in [0.1, 0.15) is 20.7 Å². The zero-order chi connectivity index (χ0) is 14.0. The van der Waals surface area contributed by atoms with Gasteiger partial charge in [0, 0.05) is 7.05 Å². The molecule has 1 heterocycles. The largest absolute Gasteiger partial charge is 0.478 e. The van der Waals surface area contributed by atoms with Crippen LogP contribution in [0.5, 0.6) is 0 Å². The number of carbonyl (C=O) groups is 2. The molecule has 0 fully saturated rings. The highest BCUT2D eigenvalue weighted by molar-refractivity contribution is 9.10. The van der Waals surface area contributed by atoms with E-state index in [2.05, 4.69) is 15.9 Å². The lowest BCUT2D eigenvalue weighted by Crippen LogP contribution is -2.27. The Morgan fingerprint density at radius 3 is 2.47 bits per heavy atom. The lowest BCUT2D eigenvalue weighted by atomic mass is 10.1. The first-order valence-corrected chi connectivity index (χ1v) is 6.15. The standard InChI is InChI=1S/C13H10BrNO4/c1-15(12(16)9-6-7-19-11(9)14)10-5-3-2-4-8(10)13(17)18/h2-7H,1H3,(H,17,18). The molecule has 98 valence electrons. The lowest BCUT2D eigenvalue weighted by Gasteiger charge is -2.18. The van der Waals surface area contributed by atoms with Gasteiger partial charge in [-0.3, -0.25) is 4.79 Å². The highest BCUT2D eigenvalue weighted by Crippen LogP contribution is 2.24. The van der Waals surface area contributed by atoms with Crippen LogP contribution in [0.25, 0.3) is 0 Å². The summed E-state index contributed by atoms with van der Waals surface area (Å²) in [5, 5.41) is 9.12. The molecule has 0 aliphatic rings. The average Bonchev–Trinajstić information content (AvgIpc) is 2.83. The van der Waals surface area contributed by atoms with Gasteiger partial charge < -0.3 is 14.4 Å². The van der Waals surface area contributed by atoms with Crippen LogP contribution in [0.15, 0.2) is 45.7 Å². The number of carbonyl (C=O) groups excluding carboxylic acids is 1. The van der Waals surface area contributed by atoms with Crippen molar-refractivity contribution < 1.29 is 19.1 Å². The molecule has 1 aromatic heterocycles. The number of furan rings is 1. The first kappa shape index (κ1) is 13.4. The molecule has 1 amide bonds. The summed E-state index contributed by atoms with van der Waals surface area (Å²) < 4.78 is 5.32. The van der Waals surface area contributed by atoms with Crippen molar-refractivity contribution in [2.45, 2.75) is 0 Å². The van der Waals surface area contributed by atoms with Gasteiger partial charge in [0.05, 0.1) is 23.1 Å². The van der Waals surface area contributed by atoms with Gasteiger partial charge in [-0.1, -0.05) is 12.1 Å². The Morgan fingerprint density at radius 2 is 1.89 bits per heavy atom. The second-order valence-corrected chi connectivity index (χ2v) is 4.51. The summed E-state index contributed by atoms with van der Waals surface area (Å²) in [4.78, 5) is 24.7.